The van der Waals surface area contributed by atoms with E-state index in [1.807, 2.05) is 49.4 Å². The van der Waals surface area contributed by atoms with Crippen LogP contribution in [0, 0.1) is 6.92 Å². The van der Waals surface area contributed by atoms with Crippen LogP contribution in [0.25, 0.3) is 0 Å². The van der Waals surface area contributed by atoms with Crippen molar-refractivity contribution in [3.63, 3.8) is 0 Å². The first-order chi connectivity index (χ1) is 8.69. The van der Waals surface area contributed by atoms with Crippen molar-refractivity contribution < 1.29 is 9.53 Å². The second-order valence-electron chi connectivity index (χ2n) is 4.07. The molecule has 2 aromatic carbocycles. The molecule has 2 aromatic rings. The highest BCUT2D eigenvalue weighted by Crippen LogP contribution is 2.20. The highest BCUT2D eigenvalue weighted by atomic mass is 35.5. The van der Waals surface area contributed by atoms with Gasteiger partial charge in [0.1, 0.15) is 12.4 Å². The van der Waals surface area contributed by atoms with Gasteiger partial charge in [-0.1, -0.05) is 35.4 Å². The summed E-state index contributed by atoms with van der Waals surface area (Å²) in [6.45, 7) is 2.36. The van der Waals surface area contributed by atoms with Crippen LogP contribution < -0.4 is 4.74 Å². The molecule has 0 saturated carbocycles. The standard InChI is InChI=1S/C15H13ClO2/c1-11-2-7-15(13(8-11)9-17)18-10-12-3-5-14(16)6-4-12/h2-9H,10H2,1H3. The van der Waals surface area contributed by atoms with E-state index in [1.165, 1.54) is 0 Å². The third-order valence-corrected chi connectivity index (χ3v) is 2.85. The molecule has 0 aliphatic heterocycles. The normalized spacial score (nSPS) is 10.1. The summed E-state index contributed by atoms with van der Waals surface area (Å²) < 4.78 is 5.63. The Kier molecular flexibility index (Phi) is 4.00. The summed E-state index contributed by atoms with van der Waals surface area (Å²) in [6, 6.07) is 13.0. The van der Waals surface area contributed by atoms with Crippen LogP contribution in [0.2, 0.25) is 5.02 Å². The largest absolute Gasteiger partial charge is 0.488 e. The molecule has 0 spiro atoms. The average Bonchev–Trinajstić information content (AvgIpc) is 2.39. The quantitative estimate of drug-likeness (QED) is 0.776. The topological polar surface area (TPSA) is 26.3 Å². The summed E-state index contributed by atoms with van der Waals surface area (Å²) in [7, 11) is 0. The molecule has 0 N–H and O–H groups in total. The Labute approximate surface area is 111 Å². The van der Waals surface area contributed by atoms with Crippen LogP contribution in [0.4, 0.5) is 0 Å². The van der Waals surface area contributed by atoms with Crippen molar-refractivity contribution in [2.75, 3.05) is 0 Å². The minimum absolute atomic E-state index is 0.418. The van der Waals surface area contributed by atoms with E-state index in [1.54, 1.807) is 0 Å². The molecule has 0 fully saturated rings. The molecule has 0 bridgehead atoms. The molecule has 18 heavy (non-hydrogen) atoms. The molecule has 0 heterocycles. The molecule has 3 heteroatoms. The number of aldehydes is 1. The number of hydrogen-bond acceptors (Lipinski definition) is 2. The van der Waals surface area contributed by atoms with Gasteiger partial charge in [-0.05, 0) is 36.8 Å². The summed E-state index contributed by atoms with van der Waals surface area (Å²) in [5, 5.41) is 0.697. The van der Waals surface area contributed by atoms with Crippen molar-refractivity contribution in [3.8, 4) is 5.75 Å². The first kappa shape index (κ1) is 12.7. The van der Waals surface area contributed by atoms with Crippen LogP contribution in [-0.4, -0.2) is 6.29 Å². The number of carbonyl (C=O) groups is 1. The monoisotopic (exact) mass is 260 g/mol. The van der Waals surface area contributed by atoms with Crippen LogP contribution in [0.3, 0.4) is 0 Å². The Hall–Kier alpha value is -1.80. The van der Waals surface area contributed by atoms with Crippen molar-refractivity contribution in [1.82, 2.24) is 0 Å². The average molecular weight is 261 g/mol. The van der Waals surface area contributed by atoms with Crippen LogP contribution in [0.1, 0.15) is 21.5 Å². The molecule has 0 aliphatic rings. The van der Waals surface area contributed by atoms with Gasteiger partial charge in [-0.3, -0.25) is 4.79 Å². The lowest BCUT2D eigenvalue weighted by atomic mass is 10.1. The Balaban J connectivity index is 2.10. The van der Waals surface area contributed by atoms with Gasteiger partial charge in [-0.2, -0.15) is 0 Å². The van der Waals surface area contributed by atoms with Crippen molar-refractivity contribution >= 4 is 17.9 Å². The van der Waals surface area contributed by atoms with E-state index in [0.717, 1.165) is 17.4 Å². The summed E-state index contributed by atoms with van der Waals surface area (Å²) in [4.78, 5) is 10.9. The van der Waals surface area contributed by atoms with E-state index in [0.29, 0.717) is 22.9 Å². The fourth-order valence-electron chi connectivity index (χ4n) is 1.63. The van der Waals surface area contributed by atoms with Gasteiger partial charge < -0.3 is 4.74 Å². The second-order valence-corrected chi connectivity index (χ2v) is 4.51. The second kappa shape index (κ2) is 5.69. The lowest BCUT2D eigenvalue weighted by molar-refractivity contribution is 0.111. The first-order valence-corrected chi connectivity index (χ1v) is 6.00. The number of benzene rings is 2. The molecule has 2 rings (SSSR count). The molecule has 0 unspecified atom stereocenters. The lowest BCUT2D eigenvalue weighted by Gasteiger charge is -2.09. The number of aryl methyl sites for hydroxylation is 1. The lowest BCUT2D eigenvalue weighted by Crippen LogP contribution is -1.98. The zero-order valence-electron chi connectivity index (χ0n) is 10.0. The maximum Gasteiger partial charge on any atom is 0.153 e. The van der Waals surface area contributed by atoms with Crippen molar-refractivity contribution in [1.29, 1.82) is 0 Å². The zero-order chi connectivity index (χ0) is 13.0. The van der Waals surface area contributed by atoms with Crippen molar-refractivity contribution in [2.24, 2.45) is 0 Å². The molecule has 0 aromatic heterocycles. The van der Waals surface area contributed by atoms with Gasteiger partial charge in [0.2, 0.25) is 0 Å². The predicted octanol–water partition coefficient (Wildman–Crippen LogP) is 4.04. The van der Waals surface area contributed by atoms with E-state index in [-0.39, 0.29) is 0 Å². The molecule has 92 valence electrons. The van der Waals surface area contributed by atoms with E-state index in [2.05, 4.69) is 0 Å². The highest BCUT2D eigenvalue weighted by molar-refractivity contribution is 6.30. The molecule has 0 saturated heterocycles. The van der Waals surface area contributed by atoms with Crippen LogP contribution in [0.5, 0.6) is 5.75 Å². The third kappa shape index (κ3) is 3.11. The van der Waals surface area contributed by atoms with Crippen molar-refractivity contribution in [3.05, 3.63) is 64.2 Å². The highest BCUT2D eigenvalue weighted by Gasteiger charge is 2.03. The fourth-order valence-corrected chi connectivity index (χ4v) is 1.76. The summed E-state index contributed by atoms with van der Waals surface area (Å²) in [5.41, 5.74) is 2.62. The van der Waals surface area contributed by atoms with E-state index in [9.17, 15) is 4.79 Å². The maximum absolute atomic E-state index is 10.9. The SMILES string of the molecule is Cc1ccc(OCc2ccc(Cl)cc2)c(C=O)c1. The third-order valence-electron chi connectivity index (χ3n) is 2.60. The molecule has 0 radical (unpaired) electrons. The van der Waals surface area contributed by atoms with Gasteiger partial charge in [0.05, 0.1) is 5.56 Å². The maximum atomic E-state index is 10.9. The van der Waals surface area contributed by atoms with Crippen LogP contribution in [0.15, 0.2) is 42.5 Å². The minimum Gasteiger partial charge on any atom is -0.488 e. The smallest absolute Gasteiger partial charge is 0.153 e. The molecular weight excluding hydrogens is 248 g/mol. The van der Waals surface area contributed by atoms with E-state index in [4.69, 9.17) is 16.3 Å². The van der Waals surface area contributed by atoms with E-state index < -0.39 is 0 Å². The minimum atomic E-state index is 0.418. The number of halogens is 1. The van der Waals surface area contributed by atoms with Crippen molar-refractivity contribution in [2.45, 2.75) is 13.5 Å². The van der Waals surface area contributed by atoms with Gasteiger partial charge in [0.25, 0.3) is 0 Å². The summed E-state index contributed by atoms with van der Waals surface area (Å²) in [6.07, 6.45) is 0.810. The van der Waals surface area contributed by atoms with Crippen LogP contribution >= 0.6 is 11.6 Å². The van der Waals surface area contributed by atoms with Gasteiger partial charge in [-0.25, -0.2) is 0 Å². The molecule has 0 atom stereocenters. The first-order valence-electron chi connectivity index (χ1n) is 5.62. The fraction of sp³-hybridized carbons (Fsp3) is 0.133. The van der Waals surface area contributed by atoms with Crippen LogP contribution in [-0.2, 0) is 6.61 Å². The molecular formula is C15H13ClO2. The molecule has 2 nitrogen and oxygen atoms in total. The molecule has 0 amide bonds. The zero-order valence-corrected chi connectivity index (χ0v) is 10.8. The number of rotatable bonds is 4. The number of hydrogen-bond donors (Lipinski definition) is 0. The van der Waals surface area contributed by atoms with Gasteiger partial charge >= 0.3 is 0 Å². The summed E-state index contributed by atoms with van der Waals surface area (Å²) >= 11 is 5.81. The Morgan fingerprint density at radius 2 is 1.89 bits per heavy atom. The number of carbonyl (C=O) groups excluding carboxylic acids is 1. The molecule has 0 aliphatic carbocycles. The van der Waals surface area contributed by atoms with Gasteiger partial charge in [-0.15, -0.1) is 0 Å². The van der Waals surface area contributed by atoms with Gasteiger partial charge in [0, 0.05) is 5.02 Å². The Bertz CT molecular complexity index is 547. The van der Waals surface area contributed by atoms with Gasteiger partial charge in [0.15, 0.2) is 6.29 Å². The predicted molar refractivity (Wildman–Crippen MR) is 72.4 cm³/mol. The summed E-state index contributed by atoms with van der Waals surface area (Å²) in [5.74, 6) is 0.602. The number of ether oxygens (including phenoxy) is 1. The Morgan fingerprint density at radius 1 is 1.17 bits per heavy atom. The van der Waals surface area contributed by atoms with E-state index >= 15 is 0 Å². The Morgan fingerprint density at radius 3 is 2.56 bits per heavy atom.